The Hall–Kier alpha value is -0.0400. The fourth-order valence-corrected chi connectivity index (χ4v) is 3.04. The van der Waals surface area contributed by atoms with Crippen LogP contribution in [0, 0.1) is 10.8 Å². The van der Waals surface area contributed by atoms with Gasteiger partial charge < -0.3 is 4.74 Å². The second kappa shape index (κ2) is 4.45. The molecule has 2 saturated carbocycles. The van der Waals surface area contributed by atoms with E-state index >= 15 is 0 Å². The van der Waals surface area contributed by atoms with Gasteiger partial charge in [-0.15, -0.1) is 0 Å². The highest BCUT2D eigenvalue weighted by Gasteiger charge is 2.38. The molecule has 2 aliphatic carbocycles. The van der Waals surface area contributed by atoms with E-state index < -0.39 is 0 Å². The molecule has 0 spiro atoms. The highest BCUT2D eigenvalue weighted by atomic mass is 16.5. The third kappa shape index (κ3) is 2.22. The van der Waals surface area contributed by atoms with Gasteiger partial charge in [-0.1, -0.05) is 26.7 Å². The van der Waals surface area contributed by atoms with E-state index in [2.05, 4.69) is 13.8 Å². The fourth-order valence-electron chi connectivity index (χ4n) is 3.04. The van der Waals surface area contributed by atoms with Crippen molar-refractivity contribution in [1.82, 2.24) is 0 Å². The molecule has 88 valence electrons. The molecule has 0 atom stereocenters. The van der Waals surface area contributed by atoms with E-state index in [1.54, 1.807) is 0 Å². The van der Waals surface area contributed by atoms with Crippen molar-refractivity contribution in [3.63, 3.8) is 0 Å². The quantitative estimate of drug-likeness (QED) is 0.639. The molecule has 0 aliphatic heterocycles. The smallest absolute Gasteiger partial charge is 0.0522 e. The van der Waals surface area contributed by atoms with Crippen LogP contribution in [0.25, 0.3) is 0 Å². The van der Waals surface area contributed by atoms with Crippen LogP contribution in [-0.2, 0) is 4.74 Å². The summed E-state index contributed by atoms with van der Waals surface area (Å²) < 4.78 is 6.03. The van der Waals surface area contributed by atoms with Crippen LogP contribution in [0.4, 0.5) is 0 Å². The lowest BCUT2D eigenvalue weighted by Gasteiger charge is -2.44. The van der Waals surface area contributed by atoms with Crippen LogP contribution >= 0.6 is 0 Å². The van der Waals surface area contributed by atoms with Crippen molar-refractivity contribution < 1.29 is 4.74 Å². The van der Waals surface area contributed by atoms with Crippen molar-refractivity contribution in [2.45, 2.75) is 65.2 Å². The minimum absolute atomic E-state index is 0.582. The molecule has 0 aromatic carbocycles. The zero-order valence-electron chi connectivity index (χ0n) is 10.5. The second-order valence-corrected chi connectivity index (χ2v) is 5.91. The molecule has 1 nitrogen and oxygen atoms in total. The molecule has 0 unspecified atom stereocenters. The molecule has 0 aromatic rings. The molecule has 1 heteroatoms. The van der Waals surface area contributed by atoms with Gasteiger partial charge in [0.2, 0.25) is 0 Å². The first kappa shape index (κ1) is 11.4. The van der Waals surface area contributed by atoms with Crippen LogP contribution in [0.1, 0.15) is 65.2 Å². The van der Waals surface area contributed by atoms with Gasteiger partial charge >= 0.3 is 0 Å². The Balaban J connectivity index is 1.69. The highest BCUT2D eigenvalue weighted by molar-refractivity contribution is 4.89. The van der Waals surface area contributed by atoms with Crippen molar-refractivity contribution in [2.75, 3.05) is 13.2 Å². The molecule has 0 saturated heterocycles. The van der Waals surface area contributed by atoms with Gasteiger partial charge in [-0.2, -0.15) is 0 Å². The lowest BCUT2D eigenvalue weighted by molar-refractivity contribution is -0.0652. The number of ether oxygens (including phenoxy) is 1. The molecule has 2 fully saturated rings. The lowest BCUT2D eigenvalue weighted by Crippen LogP contribution is -2.38. The predicted molar refractivity (Wildman–Crippen MR) is 64.0 cm³/mol. The van der Waals surface area contributed by atoms with Gasteiger partial charge in [0.1, 0.15) is 0 Å². The van der Waals surface area contributed by atoms with Crippen LogP contribution in [-0.4, -0.2) is 13.2 Å². The molecule has 0 heterocycles. The summed E-state index contributed by atoms with van der Waals surface area (Å²) in [6.45, 7) is 6.71. The van der Waals surface area contributed by atoms with Crippen LogP contribution in [0.3, 0.4) is 0 Å². The Bertz CT molecular complexity index is 168. The van der Waals surface area contributed by atoms with Gasteiger partial charge in [0, 0.05) is 0 Å². The summed E-state index contributed by atoms with van der Waals surface area (Å²) in [6, 6.07) is 0. The van der Waals surface area contributed by atoms with Crippen LogP contribution in [0.5, 0.6) is 0 Å². The minimum atomic E-state index is 0.582. The third-order valence-corrected chi connectivity index (χ3v) is 5.14. The Labute approximate surface area is 94.6 Å². The molecule has 0 amide bonds. The minimum Gasteiger partial charge on any atom is -0.380 e. The number of rotatable bonds is 6. The molecular formula is C14H26O. The summed E-state index contributed by atoms with van der Waals surface area (Å²) in [4.78, 5) is 0. The number of hydrogen-bond donors (Lipinski definition) is 0. The summed E-state index contributed by atoms with van der Waals surface area (Å²) in [5.74, 6) is 0. The normalized spacial score (nSPS) is 26.8. The molecule has 15 heavy (non-hydrogen) atoms. The summed E-state index contributed by atoms with van der Waals surface area (Å²) in [5.41, 5.74) is 1.16. The van der Waals surface area contributed by atoms with Crippen LogP contribution in [0.2, 0.25) is 0 Å². The average Bonchev–Trinajstić information content (AvgIpc) is 2.14. The first-order valence-electron chi connectivity index (χ1n) is 6.82. The zero-order chi connectivity index (χ0) is 10.8. The average molecular weight is 210 g/mol. The van der Waals surface area contributed by atoms with Crippen molar-refractivity contribution in [3.8, 4) is 0 Å². The van der Waals surface area contributed by atoms with E-state index in [1.807, 2.05) is 0 Å². The van der Waals surface area contributed by atoms with Gasteiger partial charge in [-0.05, 0) is 49.4 Å². The molecular weight excluding hydrogens is 184 g/mol. The molecule has 2 aliphatic rings. The monoisotopic (exact) mass is 210 g/mol. The van der Waals surface area contributed by atoms with E-state index in [0.29, 0.717) is 10.8 Å². The summed E-state index contributed by atoms with van der Waals surface area (Å²) in [5, 5.41) is 0. The van der Waals surface area contributed by atoms with E-state index in [0.717, 1.165) is 13.2 Å². The summed E-state index contributed by atoms with van der Waals surface area (Å²) >= 11 is 0. The maximum absolute atomic E-state index is 6.03. The van der Waals surface area contributed by atoms with E-state index in [9.17, 15) is 0 Å². The molecule has 0 aromatic heterocycles. The van der Waals surface area contributed by atoms with Gasteiger partial charge in [0.25, 0.3) is 0 Å². The fraction of sp³-hybridized carbons (Fsp3) is 1.00. The maximum atomic E-state index is 6.03. The molecule has 0 bridgehead atoms. The van der Waals surface area contributed by atoms with E-state index in [4.69, 9.17) is 4.74 Å². The standard InChI is InChI=1S/C14H26O/c1-3-13(7-5-8-13)11-15-12-14(4-2)9-6-10-14/h3-12H2,1-2H3. The predicted octanol–water partition coefficient (Wildman–Crippen LogP) is 4.16. The first-order chi connectivity index (χ1) is 7.24. The maximum Gasteiger partial charge on any atom is 0.0522 e. The second-order valence-electron chi connectivity index (χ2n) is 5.91. The summed E-state index contributed by atoms with van der Waals surface area (Å²) in [6.07, 6.45) is 11.1. The SMILES string of the molecule is CCC1(COCC2(CC)CCC2)CCC1. The topological polar surface area (TPSA) is 9.23 Å². The first-order valence-corrected chi connectivity index (χ1v) is 6.82. The van der Waals surface area contributed by atoms with Crippen molar-refractivity contribution in [2.24, 2.45) is 10.8 Å². The van der Waals surface area contributed by atoms with Gasteiger partial charge in [0.05, 0.1) is 13.2 Å². The van der Waals surface area contributed by atoms with Crippen LogP contribution in [0.15, 0.2) is 0 Å². The lowest BCUT2D eigenvalue weighted by atomic mass is 9.66. The van der Waals surface area contributed by atoms with Crippen LogP contribution < -0.4 is 0 Å². The third-order valence-electron chi connectivity index (χ3n) is 5.14. The summed E-state index contributed by atoms with van der Waals surface area (Å²) in [7, 11) is 0. The molecule has 2 rings (SSSR count). The van der Waals surface area contributed by atoms with Gasteiger partial charge in [0.15, 0.2) is 0 Å². The van der Waals surface area contributed by atoms with Crippen molar-refractivity contribution in [1.29, 1.82) is 0 Å². The molecule has 0 N–H and O–H groups in total. The van der Waals surface area contributed by atoms with Crippen molar-refractivity contribution in [3.05, 3.63) is 0 Å². The van der Waals surface area contributed by atoms with Gasteiger partial charge in [-0.25, -0.2) is 0 Å². The Kier molecular flexibility index (Phi) is 3.39. The zero-order valence-corrected chi connectivity index (χ0v) is 10.5. The van der Waals surface area contributed by atoms with Crippen molar-refractivity contribution >= 4 is 0 Å². The largest absolute Gasteiger partial charge is 0.380 e. The Morgan fingerprint density at radius 2 is 1.20 bits per heavy atom. The molecule has 0 radical (unpaired) electrons. The Morgan fingerprint density at radius 3 is 1.40 bits per heavy atom. The number of hydrogen-bond acceptors (Lipinski definition) is 1. The highest BCUT2D eigenvalue weighted by Crippen LogP contribution is 2.46. The Morgan fingerprint density at radius 1 is 0.800 bits per heavy atom. The van der Waals surface area contributed by atoms with E-state index in [-0.39, 0.29) is 0 Å². The van der Waals surface area contributed by atoms with E-state index in [1.165, 1.54) is 51.4 Å². The van der Waals surface area contributed by atoms with Gasteiger partial charge in [-0.3, -0.25) is 0 Å².